The van der Waals surface area contributed by atoms with E-state index in [0.29, 0.717) is 18.8 Å². The van der Waals surface area contributed by atoms with E-state index in [2.05, 4.69) is 46.7 Å². The number of aromatic nitrogens is 1. The third-order valence-electron chi connectivity index (χ3n) is 12.0. The van der Waals surface area contributed by atoms with E-state index < -0.39 is 11.4 Å². The topological polar surface area (TPSA) is 80.4 Å². The predicted molar refractivity (Wildman–Crippen MR) is 133 cm³/mol. The van der Waals surface area contributed by atoms with Gasteiger partial charge in [0.15, 0.2) is 5.78 Å². The molecule has 0 amide bonds. The highest BCUT2D eigenvalue weighted by atomic mass is 16.5. The molecule has 3 saturated carbocycles. The van der Waals surface area contributed by atoms with Gasteiger partial charge in [-0.1, -0.05) is 52.3 Å². The van der Waals surface area contributed by atoms with Gasteiger partial charge in [0.2, 0.25) is 0 Å². The molecular formula is C30H41NO4. The maximum atomic E-state index is 14.1. The van der Waals surface area contributed by atoms with Gasteiger partial charge in [0.05, 0.1) is 11.6 Å². The lowest BCUT2D eigenvalue weighted by Crippen LogP contribution is -2.62. The summed E-state index contributed by atoms with van der Waals surface area (Å²) in [6, 6.07) is 0. The van der Waals surface area contributed by atoms with Gasteiger partial charge in [-0.25, -0.2) is 0 Å². The summed E-state index contributed by atoms with van der Waals surface area (Å²) in [6.45, 7) is 13.9. The van der Waals surface area contributed by atoms with Crippen LogP contribution in [0.2, 0.25) is 0 Å². The Morgan fingerprint density at radius 2 is 1.74 bits per heavy atom. The van der Waals surface area contributed by atoms with Crippen molar-refractivity contribution in [1.29, 1.82) is 0 Å². The van der Waals surface area contributed by atoms with Crippen LogP contribution in [0.1, 0.15) is 97.8 Å². The van der Waals surface area contributed by atoms with Crippen molar-refractivity contribution in [2.24, 2.45) is 45.3 Å². The predicted octanol–water partition coefficient (Wildman–Crippen LogP) is 6.36. The van der Waals surface area contributed by atoms with E-state index in [4.69, 9.17) is 4.52 Å². The quantitative estimate of drug-likeness (QED) is 0.507. The minimum atomic E-state index is -0.737. The van der Waals surface area contributed by atoms with E-state index in [1.54, 1.807) is 0 Å². The van der Waals surface area contributed by atoms with Gasteiger partial charge in [-0.05, 0) is 91.4 Å². The van der Waals surface area contributed by atoms with Crippen LogP contribution in [-0.2, 0) is 21.4 Å². The Morgan fingerprint density at radius 1 is 1.00 bits per heavy atom. The smallest absolute Gasteiger partial charge is 0.309 e. The number of fused-ring (bicyclic) bond motifs is 8. The van der Waals surface area contributed by atoms with Crippen molar-refractivity contribution in [2.45, 2.75) is 98.3 Å². The van der Waals surface area contributed by atoms with Crippen LogP contribution in [0, 0.1) is 45.3 Å². The van der Waals surface area contributed by atoms with Gasteiger partial charge in [0.1, 0.15) is 5.76 Å². The van der Waals surface area contributed by atoms with Gasteiger partial charge in [-0.15, -0.1) is 0 Å². The van der Waals surface area contributed by atoms with Crippen LogP contribution >= 0.6 is 0 Å². The highest BCUT2D eigenvalue weighted by Crippen LogP contribution is 2.70. The SMILES string of the molecule is CC1(C)CC[C@]2(C(=O)O)CCC3C(C(=O)C=C4[C@@]3(C)CCC3C(C)(C)c5oncc5C[C@]43C)C2C1. The second-order valence-electron chi connectivity index (χ2n) is 14.6. The summed E-state index contributed by atoms with van der Waals surface area (Å²) < 4.78 is 5.75. The van der Waals surface area contributed by atoms with Crippen LogP contribution in [0.15, 0.2) is 22.4 Å². The summed E-state index contributed by atoms with van der Waals surface area (Å²) >= 11 is 0. The second-order valence-corrected chi connectivity index (χ2v) is 14.6. The maximum Gasteiger partial charge on any atom is 0.309 e. The monoisotopic (exact) mass is 479 g/mol. The van der Waals surface area contributed by atoms with Crippen molar-refractivity contribution in [1.82, 2.24) is 5.16 Å². The maximum absolute atomic E-state index is 14.1. The molecule has 4 unspecified atom stereocenters. The molecule has 190 valence electrons. The van der Waals surface area contributed by atoms with Gasteiger partial charge >= 0.3 is 5.97 Å². The fourth-order valence-corrected chi connectivity index (χ4v) is 10.3. The first kappa shape index (κ1) is 23.5. The van der Waals surface area contributed by atoms with E-state index in [1.165, 1.54) is 11.1 Å². The number of hydrogen-bond donors (Lipinski definition) is 1. The molecule has 5 heteroatoms. The third-order valence-corrected chi connectivity index (χ3v) is 12.0. The molecular weight excluding hydrogens is 438 g/mol. The standard InChI is InChI=1S/C30H41NO4/c1-26(2)11-12-30(25(33)34)10-7-18-23(19(30)15-26)20(32)13-22-28(18,5)9-8-21-27(3,4)24-17(16-31-35-24)14-29(21,22)6/h13,16,18-19,21,23H,7-12,14-15H2,1-6H3,(H,33,34)/t18?,19?,21?,23?,28-,29-,30+/m0/s1. The number of allylic oxidation sites excluding steroid dienone is 2. The molecule has 6 rings (SSSR count). The van der Waals surface area contributed by atoms with Crippen LogP contribution in [0.5, 0.6) is 0 Å². The summed E-state index contributed by atoms with van der Waals surface area (Å²) in [6.07, 6.45) is 10.9. The van der Waals surface area contributed by atoms with Crippen molar-refractivity contribution in [3.05, 3.63) is 29.2 Å². The summed E-state index contributed by atoms with van der Waals surface area (Å²) in [5.74, 6) is 0.914. The van der Waals surface area contributed by atoms with Crippen LogP contribution in [0.4, 0.5) is 0 Å². The molecule has 5 aliphatic rings. The van der Waals surface area contributed by atoms with E-state index in [0.717, 1.165) is 44.3 Å². The normalized spacial score (nSPS) is 45.2. The zero-order valence-corrected chi connectivity index (χ0v) is 22.2. The van der Waals surface area contributed by atoms with Gasteiger partial charge in [-0.3, -0.25) is 9.59 Å². The average molecular weight is 480 g/mol. The Balaban J connectivity index is 1.47. The molecule has 0 spiro atoms. The zero-order valence-electron chi connectivity index (χ0n) is 22.2. The molecule has 3 fully saturated rings. The molecule has 5 nitrogen and oxygen atoms in total. The lowest BCUT2D eigenvalue weighted by atomic mass is 9.38. The first-order chi connectivity index (χ1) is 16.3. The lowest BCUT2D eigenvalue weighted by Gasteiger charge is -2.65. The van der Waals surface area contributed by atoms with E-state index in [9.17, 15) is 14.7 Å². The Hall–Kier alpha value is -1.91. The highest BCUT2D eigenvalue weighted by molar-refractivity contribution is 5.95. The number of ketones is 1. The number of carboxylic acids is 1. The Labute approximate surface area is 209 Å². The number of hydrogen-bond acceptors (Lipinski definition) is 4. The van der Waals surface area contributed by atoms with Gasteiger partial charge < -0.3 is 9.63 Å². The summed E-state index contributed by atoms with van der Waals surface area (Å²) in [5, 5.41) is 14.6. The molecule has 0 saturated heterocycles. The van der Waals surface area contributed by atoms with Gasteiger partial charge in [0, 0.05) is 16.9 Å². The van der Waals surface area contributed by atoms with Crippen molar-refractivity contribution in [3.8, 4) is 0 Å². The minimum Gasteiger partial charge on any atom is -0.481 e. The fourth-order valence-electron chi connectivity index (χ4n) is 10.3. The number of carboxylic acid groups (broad SMARTS) is 1. The number of aliphatic carboxylic acids is 1. The molecule has 0 aromatic carbocycles. The molecule has 0 aliphatic heterocycles. The molecule has 0 radical (unpaired) electrons. The van der Waals surface area contributed by atoms with E-state index in [-0.39, 0.29) is 45.2 Å². The minimum absolute atomic E-state index is 0.0670. The molecule has 1 heterocycles. The second kappa shape index (κ2) is 6.89. The van der Waals surface area contributed by atoms with Crippen LogP contribution in [-0.4, -0.2) is 22.0 Å². The largest absolute Gasteiger partial charge is 0.481 e. The molecule has 1 aromatic rings. The van der Waals surface area contributed by atoms with Crippen LogP contribution < -0.4 is 0 Å². The van der Waals surface area contributed by atoms with E-state index in [1.807, 2.05) is 12.3 Å². The first-order valence-corrected chi connectivity index (χ1v) is 13.7. The molecule has 0 bridgehead atoms. The lowest BCUT2D eigenvalue weighted by molar-refractivity contribution is -0.175. The van der Waals surface area contributed by atoms with Gasteiger partial charge in [0.25, 0.3) is 0 Å². The summed E-state index contributed by atoms with van der Waals surface area (Å²) in [5.41, 5.74) is 1.52. The number of carbonyl (C=O) groups excluding carboxylic acids is 1. The zero-order chi connectivity index (χ0) is 25.2. The van der Waals surface area contributed by atoms with Crippen molar-refractivity contribution in [3.63, 3.8) is 0 Å². The fraction of sp³-hybridized carbons (Fsp3) is 0.767. The van der Waals surface area contributed by atoms with Crippen molar-refractivity contribution in [2.75, 3.05) is 0 Å². The van der Waals surface area contributed by atoms with Gasteiger partial charge in [-0.2, -0.15) is 0 Å². The molecule has 1 aromatic heterocycles. The number of nitrogens with zero attached hydrogens (tertiary/aromatic N) is 1. The summed E-state index contributed by atoms with van der Waals surface area (Å²) in [7, 11) is 0. The van der Waals surface area contributed by atoms with Crippen LogP contribution in [0.3, 0.4) is 0 Å². The number of rotatable bonds is 1. The number of carbonyl (C=O) groups is 2. The Bertz CT molecular complexity index is 1140. The molecule has 5 aliphatic carbocycles. The molecule has 7 atom stereocenters. The Morgan fingerprint density at radius 3 is 2.46 bits per heavy atom. The summed E-state index contributed by atoms with van der Waals surface area (Å²) in [4.78, 5) is 26.9. The van der Waals surface area contributed by atoms with Crippen molar-refractivity contribution >= 4 is 11.8 Å². The first-order valence-electron chi connectivity index (χ1n) is 13.7. The van der Waals surface area contributed by atoms with Crippen LogP contribution in [0.25, 0.3) is 0 Å². The molecule has 35 heavy (non-hydrogen) atoms. The highest BCUT2D eigenvalue weighted by Gasteiger charge is 2.67. The Kier molecular flexibility index (Phi) is 4.62. The van der Waals surface area contributed by atoms with E-state index >= 15 is 0 Å². The third kappa shape index (κ3) is 2.84. The molecule has 1 N–H and O–H groups in total. The average Bonchev–Trinajstić information content (AvgIpc) is 3.23. The van der Waals surface area contributed by atoms with Crippen molar-refractivity contribution < 1.29 is 19.2 Å².